The third-order valence-electron chi connectivity index (χ3n) is 4.78. The van der Waals surface area contributed by atoms with Crippen molar-refractivity contribution in [3.63, 3.8) is 0 Å². The van der Waals surface area contributed by atoms with E-state index >= 15 is 0 Å². The van der Waals surface area contributed by atoms with Gasteiger partial charge in [0.1, 0.15) is 23.1 Å². The number of nitrogens with one attached hydrogen (secondary N) is 1. The number of methoxy groups -OCH3 is 1. The smallest absolute Gasteiger partial charge is 0.341 e. The Kier molecular flexibility index (Phi) is 5.85. The van der Waals surface area contributed by atoms with Crippen LogP contribution in [0.25, 0.3) is 22.6 Å². The van der Waals surface area contributed by atoms with Crippen molar-refractivity contribution < 1.29 is 18.4 Å². The monoisotopic (exact) mass is 443 g/mol. The molecule has 1 N–H and O–H groups in total. The van der Waals surface area contributed by atoms with Gasteiger partial charge in [0.2, 0.25) is 11.7 Å². The number of carbonyl (C=O) groups excluding carboxylic acids is 1. The maximum atomic E-state index is 14.1. The number of H-pyrrole nitrogens is 1. The van der Waals surface area contributed by atoms with E-state index in [9.17, 15) is 14.0 Å². The summed E-state index contributed by atoms with van der Waals surface area (Å²) < 4.78 is 26.1. The first-order valence-corrected chi connectivity index (χ1v) is 10.7. The number of hydrogen-bond donors (Lipinski definition) is 1. The standard InChI is InChI=1S/C20H18FN5O4S/c1-29-20(28)13-10-26(9-12-16(13)23-24-18(12)27)15(7-8-31-2)19-22-17(25-30-19)11-5-3-4-6-14(11)21/h3-6,9-10,15H,7-8H2,1-2H3,(H,24,27). The number of nitrogens with zero attached hydrogens (tertiary/aromatic N) is 4. The minimum Gasteiger partial charge on any atom is -0.465 e. The summed E-state index contributed by atoms with van der Waals surface area (Å²) in [6.07, 6.45) is 5.62. The molecule has 2 aliphatic heterocycles. The van der Waals surface area contributed by atoms with Gasteiger partial charge in [-0.2, -0.15) is 21.8 Å². The molecule has 0 saturated heterocycles. The second-order valence-corrected chi connectivity index (χ2v) is 7.64. The van der Waals surface area contributed by atoms with Crippen molar-refractivity contribution in [3.05, 3.63) is 64.3 Å². The number of esters is 1. The summed E-state index contributed by atoms with van der Waals surface area (Å²) >= 11 is 1.61. The molecule has 1 aromatic heterocycles. The Hall–Kier alpha value is -3.47. The van der Waals surface area contributed by atoms with Crippen LogP contribution >= 0.6 is 11.8 Å². The van der Waals surface area contributed by atoms with Crippen LogP contribution in [0.4, 0.5) is 4.39 Å². The molecule has 3 heterocycles. The highest BCUT2D eigenvalue weighted by Gasteiger charge is 2.27. The third-order valence-corrected chi connectivity index (χ3v) is 5.43. The Morgan fingerprint density at radius 1 is 1.32 bits per heavy atom. The fourth-order valence-electron chi connectivity index (χ4n) is 3.25. The number of aromatic nitrogens is 5. The van der Waals surface area contributed by atoms with E-state index in [0.29, 0.717) is 6.42 Å². The summed E-state index contributed by atoms with van der Waals surface area (Å²) in [6.45, 7) is 0. The summed E-state index contributed by atoms with van der Waals surface area (Å²) in [5.74, 6) is -0.0246. The topological polar surface area (TPSA) is 116 Å². The highest BCUT2D eigenvalue weighted by Crippen LogP contribution is 2.29. The van der Waals surface area contributed by atoms with Gasteiger partial charge < -0.3 is 13.8 Å². The molecule has 1 unspecified atom stereocenters. The number of aromatic amines is 1. The van der Waals surface area contributed by atoms with Crippen LogP contribution in [0.15, 0.2) is 46.0 Å². The van der Waals surface area contributed by atoms with Gasteiger partial charge in [-0.25, -0.2) is 14.3 Å². The average Bonchev–Trinajstić information content (AvgIpc) is 3.41. The molecule has 0 amide bonds. The first-order valence-electron chi connectivity index (χ1n) is 9.29. The minimum absolute atomic E-state index is 0.116. The lowest BCUT2D eigenvalue weighted by molar-refractivity contribution is 0.0600. The van der Waals surface area contributed by atoms with Gasteiger partial charge in [-0.1, -0.05) is 17.3 Å². The Morgan fingerprint density at radius 2 is 2.13 bits per heavy atom. The molecule has 0 aliphatic carbocycles. The van der Waals surface area contributed by atoms with E-state index in [4.69, 9.17) is 9.26 Å². The Balaban J connectivity index is 1.83. The quantitative estimate of drug-likeness (QED) is 0.434. The molecule has 11 heteroatoms. The molecular weight excluding hydrogens is 425 g/mol. The van der Waals surface area contributed by atoms with Crippen molar-refractivity contribution in [3.8, 4) is 22.6 Å². The zero-order valence-electron chi connectivity index (χ0n) is 16.7. The van der Waals surface area contributed by atoms with E-state index in [0.717, 1.165) is 5.75 Å². The van der Waals surface area contributed by atoms with E-state index in [1.54, 1.807) is 40.7 Å². The summed E-state index contributed by atoms with van der Waals surface area (Å²) in [6, 6.07) is 5.63. The number of hydrogen-bond acceptors (Lipinski definition) is 8. The third kappa shape index (κ3) is 3.96. The van der Waals surface area contributed by atoms with Crippen LogP contribution in [0.3, 0.4) is 0 Å². The van der Waals surface area contributed by atoms with E-state index in [2.05, 4.69) is 20.3 Å². The van der Waals surface area contributed by atoms with E-state index < -0.39 is 23.4 Å². The summed E-state index contributed by atoms with van der Waals surface area (Å²) in [5.41, 5.74) is 0.353. The number of benzene rings is 1. The second kappa shape index (κ2) is 8.72. The Morgan fingerprint density at radius 3 is 2.87 bits per heavy atom. The molecule has 2 aliphatic rings. The number of carbonyl (C=O) groups is 1. The predicted octanol–water partition coefficient (Wildman–Crippen LogP) is 2.99. The molecule has 2 aromatic rings. The maximum Gasteiger partial charge on any atom is 0.341 e. The van der Waals surface area contributed by atoms with Gasteiger partial charge in [0.25, 0.3) is 5.56 Å². The Labute approximate surface area is 180 Å². The molecule has 0 spiro atoms. The van der Waals surface area contributed by atoms with Crippen molar-refractivity contribution in [2.75, 3.05) is 19.1 Å². The molecule has 0 radical (unpaired) electrons. The number of pyridine rings is 1. The molecule has 0 fully saturated rings. The normalized spacial score (nSPS) is 12.2. The highest BCUT2D eigenvalue weighted by molar-refractivity contribution is 7.98. The minimum atomic E-state index is -0.632. The largest absolute Gasteiger partial charge is 0.465 e. The van der Waals surface area contributed by atoms with Crippen molar-refractivity contribution in [2.45, 2.75) is 12.5 Å². The second-order valence-electron chi connectivity index (χ2n) is 6.66. The molecule has 0 saturated carbocycles. The van der Waals surface area contributed by atoms with Gasteiger partial charge in [-0.3, -0.25) is 4.79 Å². The van der Waals surface area contributed by atoms with Crippen LogP contribution in [0.2, 0.25) is 0 Å². The number of halogens is 1. The van der Waals surface area contributed by atoms with Crippen LogP contribution < -0.4 is 5.56 Å². The molecular formula is C20H18FN5O4S. The molecule has 0 bridgehead atoms. The van der Waals surface area contributed by atoms with Crippen LogP contribution in [0, 0.1) is 5.82 Å². The van der Waals surface area contributed by atoms with Crippen molar-refractivity contribution in [1.82, 2.24) is 24.9 Å². The zero-order chi connectivity index (χ0) is 22.0. The molecule has 1 atom stereocenters. The number of thioether (sulfide) groups is 1. The first kappa shape index (κ1) is 20.8. The van der Waals surface area contributed by atoms with Gasteiger partial charge in [0.05, 0.1) is 18.2 Å². The lowest BCUT2D eigenvalue weighted by Crippen LogP contribution is -2.17. The van der Waals surface area contributed by atoms with Gasteiger partial charge in [0.15, 0.2) is 0 Å². The lowest BCUT2D eigenvalue weighted by Gasteiger charge is -2.19. The van der Waals surface area contributed by atoms with Crippen molar-refractivity contribution in [1.29, 1.82) is 0 Å². The highest BCUT2D eigenvalue weighted by atomic mass is 32.2. The maximum absolute atomic E-state index is 14.1. The van der Waals surface area contributed by atoms with Crippen molar-refractivity contribution in [2.24, 2.45) is 0 Å². The lowest BCUT2D eigenvalue weighted by atomic mass is 10.1. The van der Waals surface area contributed by atoms with Crippen LogP contribution in [-0.2, 0) is 4.74 Å². The summed E-state index contributed by atoms with van der Waals surface area (Å²) in [5, 5.41) is 10.2. The average molecular weight is 443 g/mol. The fourth-order valence-corrected chi connectivity index (χ4v) is 3.71. The van der Waals surface area contributed by atoms with Crippen LogP contribution in [0.5, 0.6) is 0 Å². The van der Waals surface area contributed by atoms with E-state index in [1.807, 2.05) is 6.26 Å². The Bertz CT molecular complexity index is 1250. The van der Waals surface area contributed by atoms with E-state index in [-0.39, 0.29) is 34.1 Å². The predicted molar refractivity (Wildman–Crippen MR) is 112 cm³/mol. The zero-order valence-corrected chi connectivity index (χ0v) is 17.5. The van der Waals surface area contributed by atoms with Crippen molar-refractivity contribution >= 4 is 17.7 Å². The summed E-state index contributed by atoms with van der Waals surface area (Å²) in [7, 11) is 1.25. The molecule has 4 rings (SSSR count). The number of fused-ring (bicyclic) bond motifs is 1. The van der Waals surface area contributed by atoms with Crippen LogP contribution in [0.1, 0.15) is 28.7 Å². The van der Waals surface area contributed by atoms with Gasteiger partial charge in [-0.05, 0) is 30.6 Å². The molecule has 1 aromatic carbocycles. The molecule has 160 valence electrons. The van der Waals surface area contributed by atoms with Crippen LogP contribution in [-0.4, -0.2) is 50.0 Å². The number of rotatable bonds is 7. The molecule has 9 nitrogen and oxygen atoms in total. The SMILES string of the molecule is COC(=O)c1cn(C(CCSC)c2nc(-c3ccccc3F)no2)cc2c(=O)[nH]nc1-2. The number of ether oxygens (including phenoxy) is 1. The van der Waals surface area contributed by atoms with Gasteiger partial charge >= 0.3 is 5.97 Å². The van der Waals surface area contributed by atoms with E-state index in [1.165, 1.54) is 19.4 Å². The fraction of sp³-hybridized carbons (Fsp3) is 0.250. The first-order chi connectivity index (χ1) is 15.0. The van der Waals surface area contributed by atoms with Gasteiger partial charge in [0, 0.05) is 12.4 Å². The summed E-state index contributed by atoms with van der Waals surface area (Å²) in [4.78, 5) is 28.9. The van der Waals surface area contributed by atoms with Gasteiger partial charge in [-0.15, -0.1) is 0 Å². The molecule has 31 heavy (non-hydrogen) atoms.